The molecule has 12 heavy (non-hydrogen) atoms. The number of nitrogens with two attached hydrogens (primary N) is 1. The number of imidazole rings is 1. The molecule has 0 spiro atoms. The highest BCUT2D eigenvalue weighted by molar-refractivity contribution is 5.04. The van der Waals surface area contributed by atoms with Gasteiger partial charge in [0.25, 0.3) is 0 Å². The highest BCUT2D eigenvalue weighted by atomic mass is 19.1. The third-order valence-corrected chi connectivity index (χ3v) is 1.94. The average Bonchev–Trinajstić information content (AvgIpc) is 2.43. The van der Waals surface area contributed by atoms with Gasteiger partial charge in [0.2, 0.25) is 0 Å². The summed E-state index contributed by atoms with van der Waals surface area (Å²) in [6, 6.07) is 0. The minimum Gasteiger partial charge on any atom is -0.333 e. The fourth-order valence-corrected chi connectivity index (χ4v) is 1.13. The molecular formula is C8H14FN3. The molecule has 3 nitrogen and oxygen atoms in total. The van der Waals surface area contributed by atoms with Crippen LogP contribution in [0.5, 0.6) is 0 Å². The molecule has 0 fully saturated rings. The normalized spacial score (nSPS) is 10.6. The van der Waals surface area contributed by atoms with Gasteiger partial charge >= 0.3 is 0 Å². The van der Waals surface area contributed by atoms with Crippen LogP contribution in [0.4, 0.5) is 4.39 Å². The maximum absolute atomic E-state index is 12.2. The summed E-state index contributed by atoms with van der Waals surface area (Å²) in [4.78, 5) is 3.93. The quantitative estimate of drug-likeness (QED) is 0.727. The lowest BCUT2D eigenvalue weighted by Gasteiger charge is -2.01. The number of aromatic nitrogens is 2. The van der Waals surface area contributed by atoms with E-state index in [1.807, 2.05) is 7.05 Å². The minimum absolute atomic E-state index is 0.488. The zero-order chi connectivity index (χ0) is 8.97. The largest absolute Gasteiger partial charge is 0.333 e. The molecule has 0 aromatic carbocycles. The van der Waals surface area contributed by atoms with E-state index in [1.54, 1.807) is 10.8 Å². The van der Waals surface area contributed by atoms with E-state index in [2.05, 4.69) is 4.98 Å². The van der Waals surface area contributed by atoms with Crippen molar-refractivity contribution in [2.24, 2.45) is 12.8 Å². The van der Waals surface area contributed by atoms with Gasteiger partial charge in [-0.3, -0.25) is 0 Å². The summed E-state index contributed by atoms with van der Waals surface area (Å²) in [5.74, 6) is 0.488. The van der Waals surface area contributed by atoms with Crippen LogP contribution in [0, 0.1) is 0 Å². The summed E-state index contributed by atoms with van der Waals surface area (Å²) in [5.41, 5.74) is 6.41. The fraction of sp³-hybridized carbons (Fsp3) is 0.625. The second-order valence-electron chi connectivity index (χ2n) is 2.75. The van der Waals surface area contributed by atoms with E-state index >= 15 is 0 Å². The molecule has 0 aliphatic carbocycles. The Kier molecular flexibility index (Phi) is 3.22. The third-order valence-electron chi connectivity index (χ3n) is 1.94. The number of hydrogen-bond acceptors (Lipinski definition) is 2. The molecule has 0 atom stereocenters. The fourth-order valence-electron chi connectivity index (χ4n) is 1.13. The summed E-state index contributed by atoms with van der Waals surface area (Å²) < 4.78 is 14.0. The van der Waals surface area contributed by atoms with E-state index < -0.39 is 6.67 Å². The van der Waals surface area contributed by atoms with Crippen molar-refractivity contribution in [3.8, 4) is 0 Å². The van der Waals surface area contributed by atoms with Crippen molar-refractivity contribution in [2.75, 3.05) is 6.54 Å². The Morgan fingerprint density at radius 3 is 2.92 bits per heavy atom. The minimum atomic E-state index is -0.501. The van der Waals surface area contributed by atoms with Crippen LogP contribution in [0.25, 0.3) is 0 Å². The lowest BCUT2D eigenvalue weighted by molar-refractivity contribution is 0.453. The highest BCUT2D eigenvalue weighted by Gasteiger charge is 2.04. The Bertz CT molecular complexity index is 244. The molecule has 4 heteroatoms. The molecule has 1 heterocycles. The summed E-state index contributed by atoms with van der Waals surface area (Å²) in [6.07, 6.45) is 3.51. The number of nitrogens with zero attached hydrogens (tertiary/aromatic N) is 2. The Balaban J connectivity index is 2.66. The van der Waals surface area contributed by atoms with E-state index in [9.17, 15) is 4.39 Å². The van der Waals surface area contributed by atoms with Gasteiger partial charge in [0.15, 0.2) is 0 Å². The molecule has 0 saturated heterocycles. The molecule has 0 radical (unpaired) electrons. The molecule has 1 aromatic heterocycles. The first kappa shape index (κ1) is 9.19. The van der Waals surface area contributed by atoms with E-state index in [-0.39, 0.29) is 0 Å². The van der Waals surface area contributed by atoms with Crippen molar-refractivity contribution in [1.29, 1.82) is 0 Å². The van der Waals surface area contributed by atoms with Crippen LogP contribution in [0.3, 0.4) is 0 Å². The Morgan fingerprint density at radius 2 is 2.42 bits per heavy atom. The first-order valence-electron chi connectivity index (χ1n) is 4.05. The highest BCUT2D eigenvalue weighted by Crippen LogP contribution is 2.06. The van der Waals surface area contributed by atoms with Crippen LogP contribution in [-0.2, 0) is 20.1 Å². The molecule has 0 unspecified atom stereocenters. The summed E-state index contributed by atoms with van der Waals surface area (Å²) >= 11 is 0. The third kappa shape index (κ3) is 1.82. The molecule has 2 N–H and O–H groups in total. The Morgan fingerprint density at radius 1 is 1.67 bits per heavy atom. The van der Waals surface area contributed by atoms with Crippen molar-refractivity contribution in [3.05, 3.63) is 17.7 Å². The van der Waals surface area contributed by atoms with Crippen LogP contribution < -0.4 is 5.73 Å². The second kappa shape index (κ2) is 4.21. The van der Waals surface area contributed by atoms with Crippen molar-refractivity contribution in [1.82, 2.24) is 9.55 Å². The molecule has 0 aliphatic heterocycles. The first-order valence-corrected chi connectivity index (χ1v) is 4.05. The molecule has 1 aromatic rings. The van der Waals surface area contributed by atoms with Gasteiger partial charge in [-0.2, -0.15) is 0 Å². The lowest BCUT2D eigenvalue weighted by atomic mass is 10.2. The van der Waals surface area contributed by atoms with Gasteiger partial charge in [-0.15, -0.1) is 0 Å². The summed E-state index contributed by atoms with van der Waals surface area (Å²) in [6.45, 7) is 0.162. The standard InChI is InChI=1S/C8H14FN3/c1-12-7(3-2-4-10)6-11-8(12)5-9/h6H,2-5,10H2,1H3. The van der Waals surface area contributed by atoms with Crippen molar-refractivity contribution in [2.45, 2.75) is 19.5 Å². The summed E-state index contributed by atoms with van der Waals surface area (Å²) in [7, 11) is 1.83. The van der Waals surface area contributed by atoms with Crippen molar-refractivity contribution in [3.63, 3.8) is 0 Å². The molecule has 0 amide bonds. The molecule has 68 valence electrons. The second-order valence-corrected chi connectivity index (χ2v) is 2.75. The van der Waals surface area contributed by atoms with E-state index in [1.165, 1.54) is 0 Å². The molecule has 0 bridgehead atoms. The number of rotatable bonds is 4. The SMILES string of the molecule is Cn1c(CCCN)cnc1CF. The van der Waals surface area contributed by atoms with E-state index in [0.29, 0.717) is 12.4 Å². The van der Waals surface area contributed by atoms with Gasteiger partial charge in [0.05, 0.1) is 0 Å². The van der Waals surface area contributed by atoms with Gasteiger partial charge in [0, 0.05) is 18.9 Å². The zero-order valence-corrected chi connectivity index (χ0v) is 7.26. The number of aryl methyl sites for hydroxylation is 1. The monoisotopic (exact) mass is 171 g/mol. The van der Waals surface area contributed by atoms with Gasteiger partial charge in [-0.05, 0) is 19.4 Å². The number of halogens is 1. The summed E-state index contributed by atoms with van der Waals surface area (Å²) in [5, 5.41) is 0. The van der Waals surface area contributed by atoms with E-state index in [4.69, 9.17) is 5.73 Å². The Labute approximate surface area is 71.4 Å². The maximum Gasteiger partial charge on any atom is 0.147 e. The Hall–Kier alpha value is -0.900. The van der Waals surface area contributed by atoms with Crippen LogP contribution in [0.1, 0.15) is 17.9 Å². The van der Waals surface area contributed by atoms with Crippen LogP contribution >= 0.6 is 0 Å². The van der Waals surface area contributed by atoms with Crippen LogP contribution in [0.2, 0.25) is 0 Å². The average molecular weight is 171 g/mol. The van der Waals surface area contributed by atoms with Crippen LogP contribution in [0.15, 0.2) is 6.20 Å². The number of alkyl halides is 1. The topological polar surface area (TPSA) is 43.8 Å². The first-order chi connectivity index (χ1) is 5.79. The predicted molar refractivity (Wildman–Crippen MR) is 45.4 cm³/mol. The number of hydrogen-bond donors (Lipinski definition) is 1. The van der Waals surface area contributed by atoms with Gasteiger partial charge in [0.1, 0.15) is 12.5 Å². The van der Waals surface area contributed by atoms with Gasteiger partial charge in [-0.1, -0.05) is 0 Å². The van der Waals surface area contributed by atoms with Crippen molar-refractivity contribution < 1.29 is 4.39 Å². The molecular weight excluding hydrogens is 157 g/mol. The molecule has 0 saturated carbocycles. The molecule has 0 aliphatic rings. The van der Waals surface area contributed by atoms with Gasteiger partial charge in [-0.25, -0.2) is 9.37 Å². The smallest absolute Gasteiger partial charge is 0.147 e. The molecule has 1 rings (SSSR count). The predicted octanol–water partition coefficient (Wildman–Crippen LogP) is 0.781. The van der Waals surface area contributed by atoms with E-state index in [0.717, 1.165) is 18.5 Å². The lowest BCUT2D eigenvalue weighted by Crippen LogP contribution is -2.04. The maximum atomic E-state index is 12.2. The zero-order valence-electron chi connectivity index (χ0n) is 7.26. The van der Waals surface area contributed by atoms with Gasteiger partial charge < -0.3 is 10.3 Å². The van der Waals surface area contributed by atoms with Crippen molar-refractivity contribution >= 4 is 0 Å². The van der Waals surface area contributed by atoms with Crippen LogP contribution in [-0.4, -0.2) is 16.1 Å².